The largest absolute Gasteiger partial charge is 0.375 e. The molecule has 0 aliphatic carbocycles. The molecule has 17 heavy (non-hydrogen) atoms. The number of anilines is 1. The summed E-state index contributed by atoms with van der Waals surface area (Å²) in [5.74, 6) is -0.301. The summed E-state index contributed by atoms with van der Waals surface area (Å²) in [4.78, 5) is 4.09. The van der Waals surface area contributed by atoms with Gasteiger partial charge in [-0.25, -0.2) is 9.37 Å². The van der Waals surface area contributed by atoms with E-state index < -0.39 is 0 Å². The topological polar surface area (TPSA) is 38.9 Å². The molecule has 0 bridgehead atoms. The van der Waals surface area contributed by atoms with Crippen molar-refractivity contribution in [2.45, 2.75) is 6.92 Å². The minimum atomic E-state index is -0.301. The quantitative estimate of drug-likeness (QED) is 0.894. The Balaban J connectivity index is 2.30. The van der Waals surface area contributed by atoms with E-state index >= 15 is 0 Å². The van der Waals surface area contributed by atoms with E-state index in [0.717, 1.165) is 11.3 Å². The molecule has 2 aromatic rings. The third-order valence-corrected chi connectivity index (χ3v) is 3.27. The van der Waals surface area contributed by atoms with Crippen LogP contribution in [-0.4, -0.2) is 4.98 Å². The molecule has 1 heterocycles. The van der Waals surface area contributed by atoms with Crippen LogP contribution in [-0.2, 0) is 0 Å². The Morgan fingerprint density at radius 3 is 2.82 bits per heavy atom. The number of benzene rings is 1. The van der Waals surface area contributed by atoms with Gasteiger partial charge in [-0.05, 0) is 36.3 Å². The van der Waals surface area contributed by atoms with Crippen molar-refractivity contribution in [2.75, 3.05) is 5.73 Å². The fourth-order valence-corrected chi connectivity index (χ4v) is 2.10. The van der Waals surface area contributed by atoms with Crippen LogP contribution >= 0.6 is 22.9 Å². The van der Waals surface area contributed by atoms with Crippen molar-refractivity contribution in [3.05, 3.63) is 45.2 Å². The summed E-state index contributed by atoms with van der Waals surface area (Å²) in [5.41, 5.74) is 7.61. The SMILES string of the molecule is Cc1cc(/C=C/c2csc(N)n2)c(Cl)cc1F. The number of nitrogens with two attached hydrogens (primary N) is 1. The lowest BCUT2D eigenvalue weighted by atomic mass is 10.1. The van der Waals surface area contributed by atoms with E-state index in [2.05, 4.69) is 4.98 Å². The van der Waals surface area contributed by atoms with E-state index in [-0.39, 0.29) is 5.82 Å². The zero-order chi connectivity index (χ0) is 12.4. The first kappa shape index (κ1) is 12.1. The predicted octanol–water partition coefficient (Wildman–Crippen LogP) is 4.00. The molecule has 5 heteroatoms. The molecular weight excluding hydrogens is 259 g/mol. The number of hydrogen-bond acceptors (Lipinski definition) is 3. The van der Waals surface area contributed by atoms with E-state index in [4.69, 9.17) is 17.3 Å². The van der Waals surface area contributed by atoms with Gasteiger partial charge in [-0.1, -0.05) is 17.7 Å². The minimum Gasteiger partial charge on any atom is -0.375 e. The lowest BCUT2D eigenvalue weighted by molar-refractivity contribution is 0.618. The molecule has 0 saturated heterocycles. The number of aryl methyl sites for hydroxylation is 1. The van der Waals surface area contributed by atoms with Crippen molar-refractivity contribution in [2.24, 2.45) is 0 Å². The van der Waals surface area contributed by atoms with E-state index in [0.29, 0.717) is 15.7 Å². The Morgan fingerprint density at radius 1 is 1.41 bits per heavy atom. The first-order chi connectivity index (χ1) is 8.06. The third kappa shape index (κ3) is 2.84. The van der Waals surface area contributed by atoms with Crippen molar-refractivity contribution >= 4 is 40.2 Å². The third-order valence-electron chi connectivity index (χ3n) is 2.25. The Bertz CT molecular complexity index is 578. The van der Waals surface area contributed by atoms with Crippen LogP contribution < -0.4 is 5.73 Å². The molecule has 88 valence electrons. The molecule has 1 aromatic heterocycles. The maximum absolute atomic E-state index is 13.2. The van der Waals surface area contributed by atoms with Gasteiger partial charge in [-0.3, -0.25) is 0 Å². The molecule has 0 aliphatic rings. The van der Waals surface area contributed by atoms with Crippen molar-refractivity contribution in [3.63, 3.8) is 0 Å². The van der Waals surface area contributed by atoms with E-state index in [9.17, 15) is 4.39 Å². The fraction of sp³-hybridized carbons (Fsp3) is 0.0833. The van der Waals surface area contributed by atoms with Crippen LogP contribution in [0.15, 0.2) is 17.5 Å². The summed E-state index contributed by atoms with van der Waals surface area (Å²) < 4.78 is 13.2. The molecular formula is C12H10ClFN2S. The number of rotatable bonds is 2. The summed E-state index contributed by atoms with van der Waals surface area (Å²) in [6.07, 6.45) is 3.59. The van der Waals surface area contributed by atoms with Crippen LogP contribution in [0.25, 0.3) is 12.2 Å². The van der Waals surface area contributed by atoms with Gasteiger partial charge in [-0.15, -0.1) is 11.3 Å². The average molecular weight is 269 g/mol. The maximum atomic E-state index is 13.2. The Labute approximate surface area is 108 Å². The second-order valence-corrected chi connectivity index (χ2v) is 4.86. The molecule has 0 atom stereocenters. The van der Waals surface area contributed by atoms with Gasteiger partial charge in [0.05, 0.1) is 10.7 Å². The monoisotopic (exact) mass is 268 g/mol. The molecule has 0 fully saturated rings. The zero-order valence-electron chi connectivity index (χ0n) is 9.08. The number of nitrogens with zero attached hydrogens (tertiary/aromatic N) is 1. The van der Waals surface area contributed by atoms with E-state index in [1.807, 2.05) is 5.38 Å². The van der Waals surface area contributed by atoms with Crippen LogP contribution in [0.5, 0.6) is 0 Å². The zero-order valence-corrected chi connectivity index (χ0v) is 10.6. The Hall–Kier alpha value is -1.39. The van der Waals surface area contributed by atoms with Crippen LogP contribution in [0.4, 0.5) is 9.52 Å². The van der Waals surface area contributed by atoms with Gasteiger partial charge in [0.2, 0.25) is 0 Å². The lowest BCUT2D eigenvalue weighted by Crippen LogP contribution is -1.85. The molecule has 0 spiro atoms. The molecule has 2 rings (SSSR count). The molecule has 0 amide bonds. The summed E-state index contributed by atoms with van der Waals surface area (Å²) in [7, 11) is 0. The van der Waals surface area contributed by atoms with Gasteiger partial charge in [0.25, 0.3) is 0 Å². The maximum Gasteiger partial charge on any atom is 0.180 e. The second-order valence-electron chi connectivity index (χ2n) is 3.57. The van der Waals surface area contributed by atoms with Crippen molar-refractivity contribution in [1.82, 2.24) is 4.98 Å². The number of thiazole rings is 1. The minimum absolute atomic E-state index is 0.301. The molecule has 1 aromatic carbocycles. The highest BCUT2D eigenvalue weighted by Gasteiger charge is 2.03. The van der Waals surface area contributed by atoms with Crippen LogP contribution in [0, 0.1) is 12.7 Å². The van der Waals surface area contributed by atoms with E-state index in [1.165, 1.54) is 17.4 Å². The Morgan fingerprint density at radius 2 is 2.18 bits per heavy atom. The normalized spacial score (nSPS) is 11.2. The van der Waals surface area contributed by atoms with Crippen molar-refractivity contribution in [3.8, 4) is 0 Å². The Kier molecular flexibility index (Phi) is 3.45. The fourth-order valence-electron chi connectivity index (χ4n) is 1.36. The van der Waals surface area contributed by atoms with Gasteiger partial charge in [0, 0.05) is 5.38 Å². The highest BCUT2D eigenvalue weighted by atomic mass is 35.5. The first-order valence-corrected chi connectivity index (χ1v) is 6.17. The van der Waals surface area contributed by atoms with Gasteiger partial charge in [0.1, 0.15) is 5.82 Å². The van der Waals surface area contributed by atoms with Crippen molar-refractivity contribution in [1.29, 1.82) is 0 Å². The summed E-state index contributed by atoms with van der Waals surface area (Å²) in [6.45, 7) is 1.70. The standard InChI is InChI=1S/C12H10ClFN2S/c1-7-4-8(10(13)5-11(7)14)2-3-9-6-17-12(15)16-9/h2-6H,1H3,(H2,15,16)/b3-2+. The number of hydrogen-bond donors (Lipinski definition) is 1. The highest BCUT2D eigenvalue weighted by molar-refractivity contribution is 7.13. The number of aromatic nitrogens is 1. The van der Waals surface area contributed by atoms with E-state index in [1.54, 1.807) is 25.1 Å². The summed E-state index contributed by atoms with van der Waals surface area (Å²) in [5, 5.41) is 2.74. The molecule has 0 unspecified atom stereocenters. The average Bonchev–Trinajstić information content (AvgIpc) is 2.68. The van der Waals surface area contributed by atoms with Gasteiger partial charge < -0.3 is 5.73 Å². The first-order valence-electron chi connectivity index (χ1n) is 4.91. The van der Waals surface area contributed by atoms with Crippen LogP contribution in [0.1, 0.15) is 16.8 Å². The van der Waals surface area contributed by atoms with Crippen molar-refractivity contribution < 1.29 is 4.39 Å². The molecule has 0 aliphatic heterocycles. The molecule has 2 nitrogen and oxygen atoms in total. The summed E-state index contributed by atoms with van der Waals surface area (Å²) in [6, 6.07) is 3.01. The van der Waals surface area contributed by atoms with Crippen LogP contribution in [0.2, 0.25) is 5.02 Å². The number of halogens is 2. The molecule has 0 saturated carbocycles. The predicted molar refractivity (Wildman–Crippen MR) is 71.6 cm³/mol. The second kappa shape index (κ2) is 4.85. The highest BCUT2D eigenvalue weighted by Crippen LogP contribution is 2.23. The molecule has 2 N–H and O–H groups in total. The smallest absolute Gasteiger partial charge is 0.180 e. The number of nitrogen functional groups attached to an aromatic ring is 1. The molecule has 0 radical (unpaired) electrons. The summed E-state index contributed by atoms with van der Waals surface area (Å²) >= 11 is 7.31. The van der Waals surface area contributed by atoms with Gasteiger partial charge in [0.15, 0.2) is 5.13 Å². The van der Waals surface area contributed by atoms with Crippen LogP contribution in [0.3, 0.4) is 0 Å². The lowest BCUT2D eigenvalue weighted by Gasteiger charge is -2.01. The van der Waals surface area contributed by atoms with Gasteiger partial charge in [-0.2, -0.15) is 0 Å². The van der Waals surface area contributed by atoms with Gasteiger partial charge >= 0.3 is 0 Å².